The van der Waals surface area contributed by atoms with Crippen LogP contribution in [-0.4, -0.2) is 67.3 Å². The lowest BCUT2D eigenvalue weighted by Gasteiger charge is -2.31. The number of anilines is 1. The molecule has 2 fully saturated rings. The van der Waals surface area contributed by atoms with Crippen molar-refractivity contribution in [2.75, 3.05) is 12.3 Å². The van der Waals surface area contributed by atoms with Crippen molar-refractivity contribution in [2.24, 2.45) is 0 Å². The molecular weight excluding hydrogens is 529 g/mol. The van der Waals surface area contributed by atoms with Crippen LogP contribution >= 0.6 is 7.75 Å². The van der Waals surface area contributed by atoms with Crippen LogP contribution in [0.3, 0.4) is 0 Å². The van der Waals surface area contributed by atoms with Crippen LogP contribution in [-0.2, 0) is 23.4 Å². The maximum Gasteiger partial charge on any atom is 0.459 e. The maximum absolute atomic E-state index is 13.9. The number of aromatic nitrogens is 3. The molecule has 1 aliphatic carbocycles. The zero-order valence-corrected chi connectivity index (χ0v) is 22.4. The Balaban J connectivity index is 1.33. The molecule has 1 saturated carbocycles. The monoisotopic (exact) mass is 561 g/mol. The molecule has 1 unspecified atom stereocenters. The molecule has 13 nitrogen and oxygen atoms in total. The summed E-state index contributed by atoms with van der Waals surface area (Å²) in [5, 5.41) is 28.7. The lowest BCUT2D eigenvalue weighted by atomic mass is 9.96. The second-order valence-corrected chi connectivity index (χ2v) is 11.7. The molecule has 6 atom stereocenters. The first kappa shape index (κ1) is 27.5. The Morgan fingerprint density at radius 2 is 2.03 bits per heavy atom. The summed E-state index contributed by atoms with van der Waals surface area (Å²) in [5.74, 6) is -0.105. The van der Waals surface area contributed by atoms with Gasteiger partial charge >= 0.3 is 13.7 Å². The SMILES string of the molecule is C[C@H](NP(=O)(OC[C@@]1(C)O[C@@H](c2ccc3c(N)ncnn23)[C@H](O)[C@@H]1O)Oc1ccccc1)C(=O)OC1CCC1. The van der Waals surface area contributed by atoms with Gasteiger partial charge in [0, 0.05) is 0 Å². The lowest BCUT2D eigenvalue weighted by molar-refractivity contribution is -0.154. The standard InChI is InChI=1S/C25H32N5O8P/c1-15(24(33)36-16-9-6-10-16)29-39(34,38-17-7-4-3-5-8-17)35-13-25(2)22(32)20(31)21(37-25)18-11-12-19-23(26)27-14-28-30(18)19/h3-5,7-8,11-12,14-16,20-22,31-32H,6,9-10,13H2,1-2H3,(H,29,34)(H2,26,27,28)/t15-,20-,21-,22-,25+,39?/m0/s1. The van der Waals surface area contributed by atoms with Gasteiger partial charge in [0.15, 0.2) is 5.82 Å². The number of fused-ring (bicyclic) bond motifs is 1. The highest BCUT2D eigenvalue weighted by molar-refractivity contribution is 7.52. The van der Waals surface area contributed by atoms with Gasteiger partial charge < -0.3 is 29.9 Å². The lowest BCUT2D eigenvalue weighted by Crippen LogP contribution is -2.45. The number of ether oxygens (including phenoxy) is 2. The van der Waals surface area contributed by atoms with E-state index in [0.29, 0.717) is 11.2 Å². The summed E-state index contributed by atoms with van der Waals surface area (Å²) in [6, 6.07) is 10.6. The average molecular weight is 562 g/mol. The quantitative estimate of drug-likeness (QED) is 0.210. The molecule has 0 radical (unpaired) electrons. The third kappa shape index (κ3) is 5.65. The van der Waals surface area contributed by atoms with Gasteiger partial charge in [0.2, 0.25) is 0 Å². The number of aliphatic hydroxyl groups is 2. The number of nitrogens with one attached hydrogen (secondary N) is 1. The van der Waals surface area contributed by atoms with E-state index in [4.69, 9.17) is 24.3 Å². The molecule has 1 saturated heterocycles. The smallest absolute Gasteiger partial charge is 0.459 e. The van der Waals surface area contributed by atoms with Crippen LogP contribution in [0, 0.1) is 0 Å². The molecule has 1 aromatic carbocycles. The number of para-hydroxylation sites is 1. The molecule has 3 heterocycles. The van der Waals surface area contributed by atoms with E-state index in [9.17, 15) is 19.6 Å². The number of carbonyl (C=O) groups is 1. The van der Waals surface area contributed by atoms with Crippen molar-refractivity contribution in [3.63, 3.8) is 0 Å². The van der Waals surface area contributed by atoms with Crippen LogP contribution in [0.25, 0.3) is 5.52 Å². The minimum Gasteiger partial charge on any atom is -0.461 e. The van der Waals surface area contributed by atoms with Crippen LogP contribution in [0.15, 0.2) is 48.8 Å². The molecule has 2 aliphatic rings. The van der Waals surface area contributed by atoms with E-state index in [1.165, 1.54) is 24.7 Å². The fraction of sp³-hybridized carbons (Fsp3) is 0.480. The molecule has 210 valence electrons. The predicted octanol–water partition coefficient (Wildman–Crippen LogP) is 2.14. The van der Waals surface area contributed by atoms with Gasteiger partial charge in [-0.05, 0) is 57.4 Å². The summed E-state index contributed by atoms with van der Waals surface area (Å²) in [6.45, 7) is 2.56. The third-order valence-electron chi connectivity index (χ3n) is 6.99. The Hall–Kier alpha value is -3.06. The fourth-order valence-corrected chi connectivity index (χ4v) is 6.05. The number of nitrogens with zero attached hydrogens (tertiary/aromatic N) is 3. The summed E-state index contributed by atoms with van der Waals surface area (Å²) >= 11 is 0. The van der Waals surface area contributed by atoms with Crippen molar-refractivity contribution in [1.82, 2.24) is 19.7 Å². The highest BCUT2D eigenvalue weighted by Crippen LogP contribution is 2.48. The minimum absolute atomic E-state index is 0.151. The summed E-state index contributed by atoms with van der Waals surface area (Å²) in [5.41, 5.74) is 5.34. The van der Waals surface area contributed by atoms with E-state index in [0.717, 1.165) is 19.3 Å². The third-order valence-corrected chi connectivity index (χ3v) is 8.61. The number of nitrogens with two attached hydrogens (primary N) is 1. The zero-order valence-electron chi connectivity index (χ0n) is 21.5. The molecule has 39 heavy (non-hydrogen) atoms. The minimum atomic E-state index is -4.22. The second-order valence-electron chi connectivity index (χ2n) is 10.0. The number of carbonyl (C=O) groups excluding carboxylic acids is 1. The van der Waals surface area contributed by atoms with E-state index in [2.05, 4.69) is 15.2 Å². The van der Waals surface area contributed by atoms with Crippen molar-refractivity contribution in [3.05, 3.63) is 54.5 Å². The maximum atomic E-state index is 13.9. The normalized spacial score (nSPS) is 27.5. The topological polar surface area (TPSA) is 180 Å². The molecule has 3 aromatic rings. The number of aliphatic hydroxyl groups excluding tert-OH is 2. The van der Waals surface area contributed by atoms with Gasteiger partial charge in [0.25, 0.3) is 0 Å². The van der Waals surface area contributed by atoms with E-state index in [1.807, 2.05) is 0 Å². The number of hydrogen-bond acceptors (Lipinski definition) is 11. The van der Waals surface area contributed by atoms with Gasteiger partial charge in [0.05, 0.1) is 12.3 Å². The zero-order chi connectivity index (χ0) is 27.8. The van der Waals surface area contributed by atoms with Crippen LogP contribution < -0.4 is 15.3 Å². The highest BCUT2D eigenvalue weighted by atomic mass is 31.2. The number of esters is 1. The highest BCUT2D eigenvalue weighted by Gasteiger charge is 2.54. The Kier molecular flexibility index (Phi) is 7.64. The van der Waals surface area contributed by atoms with Crippen LogP contribution in [0.4, 0.5) is 5.82 Å². The summed E-state index contributed by atoms with van der Waals surface area (Å²) < 4.78 is 38.3. The Morgan fingerprint density at radius 3 is 2.72 bits per heavy atom. The van der Waals surface area contributed by atoms with E-state index < -0.39 is 50.3 Å². The number of benzene rings is 1. The van der Waals surface area contributed by atoms with E-state index >= 15 is 0 Å². The Bertz CT molecular complexity index is 1370. The molecule has 5 rings (SSSR count). The van der Waals surface area contributed by atoms with E-state index in [-0.39, 0.29) is 17.7 Å². The molecule has 2 aromatic heterocycles. The van der Waals surface area contributed by atoms with Gasteiger partial charge in [-0.3, -0.25) is 9.32 Å². The molecular formula is C25H32N5O8P. The first-order valence-electron chi connectivity index (χ1n) is 12.7. The average Bonchev–Trinajstić information content (AvgIpc) is 3.41. The molecule has 5 N–H and O–H groups in total. The van der Waals surface area contributed by atoms with Crippen LogP contribution in [0.1, 0.15) is 44.9 Å². The molecule has 0 spiro atoms. The molecule has 1 aliphatic heterocycles. The van der Waals surface area contributed by atoms with Crippen molar-refractivity contribution < 1.29 is 38.1 Å². The second kappa shape index (κ2) is 10.8. The molecule has 14 heteroatoms. The van der Waals surface area contributed by atoms with Crippen molar-refractivity contribution >= 4 is 25.1 Å². The Morgan fingerprint density at radius 1 is 1.28 bits per heavy atom. The fourth-order valence-electron chi connectivity index (χ4n) is 4.47. The van der Waals surface area contributed by atoms with Crippen molar-refractivity contribution in [1.29, 1.82) is 0 Å². The number of nitrogen functional groups attached to an aromatic ring is 1. The van der Waals surface area contributed by atoms with Crippen LogP contribution in [0.2, 0.25) is 0 Å². The van der Waals surface area contributed by atoms with Gasteiger partial charge in [-0.25, -0.2) is 14.1 Å². The van der Waals surface area contributed by atoms with Gasteiger partial charge in [-0.15, -0.1) is 0 Å². The summed E-state index contributed by atoms with van der Waals surface area (Å²) in [4.78, 5) is 16.5. The summed E-state index contributed by atoms with van der Waals surface area (Å²) in [7, 11) is -4.22. The van der Waals surface area contributed by atoms with Gasteiger partial charge in [0.1, 0.15) is 53.7 Å². The number of rotatable bonds is 10. The van der Waals surface area contributed by atoms with Crippen molar-refractivity contribution in [2.45, 2.75) is 69.2 Å². The number of hydrogen-bond donors (Lipinski definition) is 4. The summed E-state index contributed by atoms with van der Waals surface area (Å²) in [6.07, 6.45) is -0.117. The first-order chi connectivity index (χ1) is 18.6. The van der Waals surface area contributed by atoms with Crippen molar-refractivity contribution in [3.8, 4) is 5.75 Å². The first-order valence-corrected chi connectivity index (χ1v) is 14.2. The van der Waals surface area contributed by atoms with Crippen LogP contribution in [0.5, 0.6) is 5.75 Å². The Labute approximate surface area is 224 Å². The predicted molar refractivity (Wildman–Crippen MR) is 139 cm³/mol. The van der Waals surface area contributed by atoms with Gasteiger partial charge in [-0.1, -0.05) is 18.2 Å². The molecule has 0 bridgehead atoms. The van der Waals surface area contributed by atoms with Gasteiger partial charge in [-0.2, -0.15) is 10.2 Å². The van der Waals surface area contributed by atoms with E-state index in [1.54, 1.807) is 42.5 Å². The largest absolute Gasteiger partial charge is 0.461 e. The molecule has 0 amide bonds.